The predicted molar refractivity (Wildman–Crippen MR) is 106 cm³/mol. The summed E-state index contributed by atoms with van der Waals surface area (Å²) >= 11 is 1.76. The Bertz CT molecular complexity index is 843. The first kappa shape index (κ1) is 18.1. The van der Waals surface area contributed by atoms with E-state index >= 15 is 0 Å². The minimum absolute atomic E-state index is 0.210. The largest absolute Gasteiger partial charge is 0.494 e. The maximum absolute atomic E-state index is 12.0. The molecule has 8 heteroatoms. The highest BCUT2D eigenvalue weighted by Gasteiger charge is 2.20. The lowest BCUT2D eigenvalue weighted by atomic mass is 10.2. The lowest BCUT2D eigenvalue weighted by molar-refractivity contribution is -0.122. The van der Waals surface area contributed by atoms with E-state index in [9.17, 15) is 4.79 Å². The summed E-state index contributed by atoms with van der Waals surface area (Å²) in [7, 11) is 0. The summed E-state index contributed by atoms with van der Waals surface area (Å²) in [6, 6.07) is 6.41. The van der Waals surface area contributed by atoms with Crippen molar-refractivity contribution in [3.63, 3.8) is 0 Å². The van der Waals surface area contributed by atoms with E-state index in [0.717, 1.165) is 43.4 Å². The van der Waals surface area contributed by atoms with E-state index in [2.05, 4.69) is 40.2 Å². The van der Waals surface area contributed by atoms with Gasteiger partial charge in [-0.3, -0.25) is 9.69 Å². The van der Waals surface area contributed by atoms with Gasteiger partial charge in [0, 0.05) is 39.3 Å². The second-order valence-electron chi connectivity index (χ2n) is 6.75. The van der Waals surface area contributed by atoms with Gasteiger partial charge in [0.05, 0.1) is 10.2 Å². The van der Waals surface area contributed by atoms with Crippen molar-refractivity contribution in [2.45, 2.75) is 6.92 Å². The van der Waals surface area contributed by atoms with Crippen LogP contribution in [0.4, 0.5) is 5.13 Å². The maximum Gasteiger partial charge on any atom is 0.289 e. The van der Waals surface area contributed by atoms with Crippen LogP contribution in [0.1, 0.15) is 5.56 Å². The van der Waals surface area contributed by atoms with Gasteiger partial charge in [-0.2, -0.15) is 0 Å². The second-order valence-corrected chi connectivity index (χ2v) is 7.76. The van der Waals surface area contributed by atoms with Gasteiger partial charge in [0.1, 0.15) is 19.5 Å². The number of rotatable bonds is 5. The lowest BCUT2D eigenvalue weighted by Gasteiger charge is -2.34. The van der Waals surface area contributed by atoms with Gasteiger partial charge >= 0.3 is 0 Å². The van der Waals surface area contributed by atoms with Crippen LogP contribution < -0.4 is 10.2 Å². The fraction of sp³-hybridized carbons (Fsp3) is 0.474. The number of aromatic nitrogens is 1. The predicted octanol–water partition coefficient (Wildman–Crippen LogP) is 1.73. The molecule has 0 atom stereocenters. The van der Waals surface area contributed by atoms with E-state index in [4.69, 9.17) is 14.5 Å². The summed E-state index contributed by atoms with van der Waals surface area (Å²) in [6.07, 6.45) is 1.39. The molecule has 0 aliphatic carbocycles. The topological polar surface area (TPSA) is 66.9 Å². The van der Waals surface area contributed by atoms with Crippen LogP contribution in [0.2, 0.25) is 0 Å². The number of hydrogen-bond donors (Lipinski definition) is 1. The molecule has 0 unspecified atom stereocenters. The molecule has 27 heavy (non-hydrogen) atoms. The Morgan fingerprint density at radius 2 is 2.11 bits per heavy atom. The van der Waals surface area contributed by atoms with Crippen molar-refractivity contribution in [2.75, 3.05) is 57.4 Å². The number of nitrogens with zero attached hydrogens (tertiary/aromatic N) is 3. The first-order valence-electron chi connectivity index (χ1n) is 9.26. The summed E-state index contributed by atoms with van der Waals surface area (Å²) in [4.78, 5) is 21.5. The molecule has 7 nitrogen and oxygen atoms in total. The number of carbonyl (C=O) groups excluding carboxylic acids is 1. The molecular weight excluding hydrogens is 364 g/mol. The number of thiazole rings is 1. The number of ether oxygens (including phenoxy) is 2. The lowest BCUT2D eigenvalue weighted by Crippen LogP contribution is -2.48. The minimum Gasteiger partial charge on any atom is -0.494 e. The molecule has 1 amide bonds. The van der Waals surface area contributed by atoms with E-state index in [-0.39, 0.29) is 11.7 Å². The van der Waals surface area contributed by atoms with Crippen molar-refractivity contribution in [3.05, 3.63) is 35.8 Å². The SMILES string of the molecule is Cc1ccc2nc(N3CCN(CCNC(=O)C4=COCCO4)CC3)sc2c1. The molecule has 0 spiro atoms. The molecule has 0 saturated carbocycles. The Balaban J connectivity index is 1.23. The van der Waals surface area contributed by atoms with Gasteiger partial charge < -0.3 is 19.7 Å². The highest BCUT2D eigenvalue weighted by atomic mass is 32.1. The molecule has 1 fully saturated rings. The van der Waals surface area contributed by atoms with Crippen LogP contribution in [0.15, 0.2) is 30.2 Å². The molecule has 2 aromatic rings. The number of amides is 1. The quantitative estimate of drug-likeness (QED) is 0.842. The first-order valence-corrected chi connectivity index (χ1v) is 10.1. The third-order valence-electron chi connectivity index (χ3n) is 4.76. The zero-order chi connectivity index (χ0) is 18.6. The molecule has 3 heterocycles. The molecule has 144 valence electrons. The number of benzene rings is 1. The van der Waals surface area contributed by atoms with Crippen molar-refractivity contribution >= 4 is 32.6 Å². The van der Waals surface area contributed by atoms with E-state index in [1.165, 1.54) is 16.5 Å². The third kappa shape index (κ3) is 4.33. The Hall–Kier alpha value is -2.32. The van der Waals surface area contributed by atoms with Gasteiger partial charge in [0.15, 0.2) is 5.13 Å². The van der Waals surface area contributed by atoms with Gasteiger partial charge in [-0.05, 0) is 24.6 Å². The average molecular weight is 388 g/mol. The number of anilines is 1. The maximum atomic E-state index is 12.0. The van der Waals surface area contributed by atoms with Gasteiger partial charge in [-0.15, -0.1) is 0 Å². The molecule has 0 bridgehead atoms. The second kappa shape index (κ2) is 8.14. The van der Waals surface area contributed by atoms with E-state index < -0.39 is 0 Å². The van der Waals surface area contributed by atoms with Crippen molar-refractivity contribution in [2.24, 2.45) is 0 Å². The Labute approximate surface area is 162 Å². The van der Waals surface area contributed by atoms with Gasteiger partial charge in [0.2, 0.25) is 5.76 Å². The van der Waals surface area contributed by atoms with E-state index in [1.54, 1.807) is 11.3 Å². The van der Waals surface area contributed by atoms with Crippen molar-refractivity contribution in [1.29, 1.82) is 0 Å². The van der Waals surface area contributed by atoms with Crippen molar-refractivity contribution < 1.29 is 14.3 Å². The molecule has 1 saturated heterocycles. The number of carbonyl (C=O) groups is 1. The molecule has 2 aliphatic rings. The monoisotopic (exact) mass is 388 g/mol. The van der Waals surface area contributed by atoms with Crippen LogP contribution in [-0.2, 0) is 14.3 Å². The zero-order valence-electron chi connectivity index (χ0n) is 15.4. The highest BCUT2D eigenvalue weighted by Crippen LogP contribution is 2.29. The normalized spacial score (nSPS) is 18.0. The van der Waals surface area contributed by atoms with Crippen molar-refractivity contribution in [1.82, 2.24) is 15.2 Å². The number of fused-ring (bicyclic) bond motifs is 1. The fourth-order valence-corrected chi connectivity index (χ4v) is 4.34. The summed E-state index contributed by atoms with van der Waals surface area (Å²) in [5.41, 5.74) is 2.35. The van der Waals surface area contributed by atoms with Crippen LogP contribution in [0.5, 0.6) is 0 Å². The molecule has 0 radical (unpaired) electrons. The first-order chi connectivity index (χ1) is 13.2. The number of nitrogens with one attached hydrogen (secondary N) is 1. The van der Waals surface area contributed by atoms with E-state index in [1.807, 2.05) is 0 Å². The van der Waals surface area contributed by atoms with Crippen molar-refractivity contribution in [3.8, 4) is 0 Å². The fourth-order valence-electron chi connectivity index (χ4n) is 3.22. The van der Waals surface area contributed by atoms with Crippen LogP contribution in [0, 0.1) is 6.92 Å². The molecule has 4 rings (SSSR count). The van der Waals surface area contributed by atoms with Crippen LogP contribution in [0.25, 0.3) is 10.2 Å². The number of aryl methyl sites for hydroxylation is 1. The van der Waals surface area contributed by atoms with Crippen LogP contribution >= 0.6 is 11.3 Å². The average Bonchev–Trinajstić information content (AvgIpc) is 3.12. The summed E-state index contributed by atoms with van der Waals surface area (Å²) in [5, 5.41) is 3.99. The molecular formula is C19H24N4O3S. The minimum atomic E-state index is -0.210. The molecule has 1 N–H and O–H groups in total. The van der Waals surface area contributed by atoms with Crippen LogP contribution in [0.3, 0.4) is 0 Å². The summed E-state index contributed by atoms with van der Waals surface area (Å²) < 4.78 is 11.6. The number of piperazine rings is 1. The molecule has 1 aromatic carbocycles. The summed E-state index contributed by atoms with van der Waals surface area (Å²) in [5.74, 6) is 0.0512. The van der Waals surface area contributed by atoms with Gasteiger partial charge in [0.25, 0.3) is 5.91 Å². The Morgan fingerprint density at radius 3 is 2.89 bits per heavy atom. The standard InChI is InChI=1S/C19H24N4O3S/c1-14-2-3-15-17(12-14)27-19(21-15)23-8-6-22(7-9-23)5-4-20-18(24)16-13-25-10-11-26-16/h2-3,12-13H,4-11H2,1H3,(H,20,24). The van der Waals surface area contributed by atoms with Crippen LogP contribution in [-0.4, -0.2) is 68.3 Å². The Morgan fingerprint density at radius 1 is 1.26 bits per heavy atom. The highest BCUT2D eigenvalue weighted by molar-refractivity contribution is 7.22. The molecule has 2 aliphatic heterocycles. The number of hydrogen-bond acceptors (Lipinski definition) is 7. The Kier molecular flexibility index (Phi) is 5.45. The molecule has 1 aromatic heterocycles. The summed E-state index contributed by atoms with van der Waals surface area (Å²) in [6.45, 7) is 8.29. The zero-order valence-corrected chi connectivity index (χ0v) is 16.3. The van der Waals surface area contributed by atoms with E-state index in [0.29, 0.717) is 19.8 Å². The van der Waals surface area contributed by atoms with Gasteiger partial charge in [-0.1, -0.05) is 17.4 Å². The smallest absolute Gasteiger partial charge is 0.289 e. The third-order valence-corrected chi connectivity index (χ3v) is 5.84. The van der Waals surface area contributed by atoms with Gasteiger partial charge in [-0.25, -0.2) is 4.98 Å².